The van der Waals surface area contributed by atoms with E-state index in [0.29, 0.717) is 0 Å². The van der Waals surface area contributed by atoms with Crippen LogP contribution in [0, 0.1) is 6.92 Å². The second kappa shape index (κ2) is 5.89. The molecular formula is C15H15BrN2O. The molecule has 0 spiro atoms. The number of amides is 1. The van der Waals surface area contributed by atoms with Gasteiger partial charge in [0.15, 0.2) is 0 Å². The highest BCUT2D eigenvalue weighted by atomic mass is 79.9. The van der Waals surface area contributed by atoms with Gasteiger partial charge in [0.25, 0.3) is 0 Å². The van der Waals surface area contributed by atoms with Gasteiger partial charge >= 0.3 is 0 Å². The van der Waals surface area contributed by atoms with Crippen LogP contribution in [0.4, 0.5) is 5.69 Å². The van der Waals surface area contributed by atoms with Crippen LogP contribution in [0.2, 0.25) is 0 Å². The van der Waals surface area contributed by atoms with E-state index in [-0.39, 0.29) is 0 Å². The highest BCUT2D eigenvalue weighted by Gasteiger charge is 2.17. The Hall–Kier alpha value is -1.81. The van der Waals surface area contributed by atoms with E-state index in [1.807, 2.05) is 55.5 Å². The molecule has 0 aliphatic carbocycles. The molecule has 2 rings (SSSR count). The molecule has 2 aromatic carbocycles. The topological polar surface area (TPSA) is 55.1 Å². The van der Waals surface area contributed by atoms with Crippen LogP contribution >= 0.6 is 15.9 Å². The van der Waals surface area contributed by atoms with E-state index in [1.54, 1.807) is 0 Å². The molecular weight excluding hydrogens is 304 g/mol. The third-order valence-corrected chi connectivity index (χ3v) is 3.38. The Balaban J connectivity index is 2.23. The zero-order valence-corrected chi connectivity index (χ0v) is 12.1. The summed E-state index contributed by atoms with van der Waals surface area (Å²) in [6.07, 6.45) is 0. The van der Waals surface area contributed by atoms with Crippen LogP contribution in [0.3, 0.4) is 0 Å². The molecule has 0 saturated carbocycles. The standard InChI is InChI=1S/C15H15BrN2O/c1-10-2-4-11(5-3-10)14(15(17)19)18-13-8-6-12(16)7-9-13/h2-9,14,18H,1H3,(H2,17,19). The number of anilines is 1. The Morgan fingerprint density at radius 1 is 1.11 bits per heavy atom. The molecule has 0 saturated heterocycles. The quantitative estimate of drug-likeness (QED) is 0.907. The molecule has 1 unspecified atom stereocenters. The number of nitrogens with two attached hydrogens (primary N) is 1. The number of rotatable bonds is 4. The molecule has 1 atom stereocenters. The lowest BCUT2D eigenvalue weighted by atomic mass is 10.0. The van der Waals surface area contributed by atoms with Crippen LogP contribution < -0.4 is 11.1 Å². The van der Waals surface area contributed by atoms with Crippen molar-refractivity contribution in [2.75, 3.05) is 5.32 Å². The van der Waals surface area contributed by atoms with Crippen molar-refractivity contribution >= 4 is 27.5 Å². The highest BCUT2D eigenvalue weighted by molar-refractivity contribution is 9.10. The van der Waals surface area contributed by atoms with E-state index in [2.05, 4.69) is 21.2 Å². The fourth-order valence-corrected chi connectivity index (χ4v) is 2.05. The normalized spacial score (nSPS) is 11.9. The van der Waals surface area contributed by atoms with Crippen LogP contribution in [0.25, 0.3) is 0 Å². The average Bonchev–Trinajstić information content (AvgIpc) is 2.39. The third-order valence-electron chi connectivity index (χ3n) is 2.85. The minimum Gasteiger partial charge on any atom is -0.370 e. The van der Waals surface area contributed by atoms with Gasteiger partial charge in [0.2, 0.25) is 5.91 Å². The van der Waals surface area contributed by atoms with Crippen LogP contribution in [-0.2, 0) is 4.79 Å². The summed E-state index contributed by atoms with van der Waals surface area (Å²) in [5.41, 5.74) is 8.34. The molecule has 3 N–H and O–H groups in total. The van der Waals surface area contributed by atoms with E-state index < -0.39 is 11.9 Å². The molecule has 98 valence electrons. The Morgan fingerprint density at radius 3 is 2.21 bits per heavy atom. The molecule has 0 bridgehead atoms. The predicted molar refractivity (Wildman–Crippen MR) is 80.9 cm³/mol. The van der Waals surface area contributed by atoms with Crippen molar-refractivity contribution in [1.29, 1.82) is 0 Å². The summed E-state index contributed by atoms with van der Waals surface area (Å²) < 4.78 is 0.990. The maximum Gasteiger partial charge on any atom is 0.244 e. The number of carbonyl (C=O) groups excluding carboxylic acids is 1. The second-order valence-corrected chi connectivity index (χ2v) is 5.31. The van der Waals surface area contributed by atoms with Crippen molar-refractivity contribution in [3.63, 3.8) is 0 Å². The third kappa shape index (κ3) is 3.58. The van der Waals surface area contributed by atoms with Gasteiger partial charge in [-0.15, -0.1) is 0 Å². The monoisotopic (exact) mass is 318 g/mol. The predicted octanol–water partition coefficient (Wildman–Crippen LogP) is 3.40. The summed E-state index contributed by atoms with van der Waals surface area (Å²) in [6, 6.07) is 14.9. The van der Waals surface area contributed by atoms with E-state index in [0.717, 1.165) is 21.3 Å². The van der Waals surface area contributed by atoms with Crippen LogP contribution in [0.1, 0.15) is 17.2 Å². The molecule has 3 nitrogen and oxygen atoms in total. The van der Waals surface area contributed by atoms with Crippen LogP contribution in [0.5, 0.6) is 0 Å². The zero-order chi connectivity index (χ0) is 13.8. The number of primary amides is 1. The lowest BCUT2D eigenvalue weighted by molar-refractivity contribution is -0.118. The second-order valence-electron chi connectivity index (χ2n) is 4.40. The van der Waals surface area contributed by atoms with E-state index in [1.165, 1.54) is 0 Å². The van der Waals surface area contributed by atoms with Crippen molar-refractivity contribution in [2.24, 2.45) is 5.73 Å². The Morgan fingerprint density at radius 2 is 1.68 bits per heavy atom. The maximum absolute atomic E-state index is 11.6. The molecule has 1 amide bonds. The molecule has 0 aliphatic heterocycles. The first-order valence-electron chi connectivity index (χ1n) is 5.94. The van der Waals surface area contributed by atoms with Gasteiger partial charge in [-0.1, -0.05) is 45.8 Å². The fourth-order valence-electron chi connectivity index (χ4n) is 1.79. The fraction of sp³-hybridized carbons (Fsp3) is 0.133. The lowest BCUT2D eigenvalue weighted by Gasteiger charge is -2.17. The maximum atomic E-state index is 11.6. The number of hydrogen-bond acceptors (Lipinski definition) is 2. The number of nitrogens with one attached hydrogen (secondary N) is 1. The molecule has 0 heterocycles. The molecule has 19 heavy (non-hydrogen) atoms. The highest BCUT2D eigenvalue weighted by Crippen LogP contribution is 2.21. The minimum absolute atomic E-state index is 0.397. The van der Waals surface area contributed by atoms with Crippen molar-refractivity contribution in [1.82, 2.24) is 0 Å². The smallest absolute Gasteiger partial charge is 0.244 e. The molecule has 2 aromatic rings. The van der Waals surface area contributed by atoms with Crippen LogP contribution in [0.15, 0.2) is 53.0 Å². The number of aryl methyl sites for hydroxylation is 1. The summed E-state index contributed by atoms with van der Waals surface area (Å²) in [4.78, 5) is 11.6. The van der Waals surface area contributed by atoms with Crippen molar-refractivity contribution < 1.29 is 4.79 Å². The number of benzene rings is 2. The summed E-state index contributed by atoms with van der Waals surface area (Å²) in [5, 5.41) is 3.15. The van der Waals surface area contributed by atoms with E-state index >= 15 is 0 Å². The lowest BCUT2D eigenvalue weighted by Crippen LogP contribution is -2.27. The van der Waals surface area contributed by atoms with Crippen molar-refractivity contribution in [3.05, 3.63) is 64.1 Å². The first-order valence-corrected chi connectivity index (χ1v) is 6.73. The first kappa shape index (κ1) is 13.6. The minimum atomic E-state index is -0.526. The Labute approximate surface area is 121 Å². The first-order chi connectivity index (χ1) is 9.06. The van der Waals surface area contributed by atoms with E-state index in [9.17, 15) is 4.79 Å². The summed E-state index contributed by atoms with van der Waals surface area (Å²) >= 11 is 3.37. The molecule has 4 heteroatoms. The van der Waals surface area contributed by atoms with Gasteiger partial charge in [-0.05, 0) is 36.8 Å². The SMILES string of the molecule is Cc1ccc(C(Nc2ccc(Br)cc2)C(N)=O)cc1. The van der Waals surface area contributed by atoms with Crippen molar-refractivity contribution in [3.8, 4) is 0 Å². The van der Waals surface area contributed by atoms with E-state index in [4.69, 9.17) is 5.73 Å². The number of hydrogen-bond donors (Lipinski definition) is 2. The molecule has 0 aromatic heterocycles. The summed E-state index contributed by atoms with van der Waals surface area (Å²) in [7, 11) is 0. The number of halogens is 1. The van der Waals surface area contributed by atoms with Gasteiger partial charge in [0.05, 0.1) is 0 Å². The van der Waals surface area contributed by atoms with Gasteiger partial charge < -0.3 is 11.1 Å². The average molecular weight is 319 g/mol. The van der Waals surface area contributed by atoms with Gasteiger partial charge in [0, 0.05) is 10.2 Å². The van der Waals surface area contributed by atoms with Gasteiger partial charge in [-0.25, -0.2) is 0 Å². The zero-order valence-electron chi connectivity index (χ0n) is 10.6. The summed E-state index contributed by atoms with van der Waals surface area (Å²) in [5.74, 6) is -0.397. The van der Waals surface area contributed by atoms with Gasteiger partial charge in [0.1, 0.15) is 6.04 Å². The number of carbonyl (C=O) groups is 1. The largest absolute Gasteiger partial charge is 0.370 e. The summed E-state index contributed by atoms with van der Waals surface area (Å²) in [6.45, 7) is 2.01. The van der Waals surface area contributed by atoms with Gasteiger partial charge in [-0.2, -0.15) is 0 Å². The van der Waals surface area contributed by atoms with Crippen LogP contribution in [-0.4, -0.2) is 5.91 Å². The molecule has 0 aliphatic rings. The molecule has 0 radical (unpaired) electrons. The molecule has 0 fully saturated rings. The van der Waals surface area contributed by atoms with Crippen molar-refractivity contribution in [2.45, 2.75) is 13.0 Å². The Kier molecular flexibility index (Phi) is 4.22. The van der Waals surface area contributed by atoms with Gasteiger partial charge in [-0.3, -0.25) is 4.79 Å². The Bertz CT molecular complexity index is 564.